The van der Waals surface area contributed by atoms with Crippen molar-refractivity contribution in [3.05, 3.63) is 24.3 Å². The Balaban J connectivity index is 1.70. The second-order valence-electron chi connectivity index (χ2n) is 8.25. The zero-order valence-electron chi connectivity index (χ0n) is 18.5. The Morgan fingerprint density at radius 2 is 2.06 bits per heavy atom. The van der Waals surface area contributed by atoms with E-state index in [-0.39, 0.29) is 13.2 Å². The SMILES string of the molecule is CCOC(=O)[C@H](CCCC1CCNCC1)NC1COc2ccccc2N(CC(=O)O)C1=O. The van der Waals surface area contributed by atoms with E-state index in [1.165, 1.54) is 4.90 Å². The molecule has 1 aromatic rings. The topological polar surface area (TPSA) is 117 Å². The average Bonchev–Trinajstić information content (AvgIpc) is 2.91. The smallest absolute Gasteiger partial charge is 0.323 e. The molecule has 0 bridgehead atoms. The highest BCUT2D eigenvalue weighted by atomic mass is 16.5. The first-order valence-corrected chi connectivity index (χ1v) is 11.4. The van der Waals surface area contributed by atoms with Gasteiger partial charge in [0.1, 0.15) is 31.0 Å². The second kappa shape index (κ2) is 11.8. The summed E-state index contributed by atoms with van der Waals surface area (Å²) in [7, 11) is 0. The first kappa shape index (κ1) is 24.0. The van der Waals surface area contributed by atoms with E-state index in [1.54, 1.807) is 31.2 Å². The van der Waals surface area contributed by atoms with Gasteiger partial charge >= 0.3 is 11.9 Å². The number of ether oxygens (including phenoxy) is 2. The third-order valence-electron chi connectivity index (χ3n) is 5.96. The monoisotopic (exact) mass is 447 g/mol. The lowest BCUT2D eigenvalue weighted by molar-refractivity contribution is -0.146. The van der Waals surface area contributed by atoms with Gasteiger partial charge in [0, 0.05) is 0 Å². The van der Waals surface area contributed by atoms with Gasteiger partial charge in [0.25, 0.3) is 0 Å². The summed E-state index contributed by atoms with van der Waals surface area (Å²) in [6, 6.07) is 5.30. The van der Waals surface area contributed by atoms with Crippen molar-refractivity contribution in [3.8, 4) is 5.75 Å². The molecular weight excluding hydrogens is 414 g/mol. The molecule has 0 aliphatic carbocycles. The fraction of sp³-hybridized carbons (Fsp3) is 0.609. The van der Waals surface area contributed by atoms with Crippen LogP contribution in [0.3, 0.4) is 0 Å². The van der Waals surface area contributed by atoms with Crippen molar-refractivity contribution in [2.45, 2.75) is 51.1 Å². The lowest BCUT2D eigenvalue weighted by Gasteiger charge is -2.27. The fourth-order valence-corrected chi connectivity index (χ4v) is 4.31. The minimum absolute atomic E-state index is 0.00380. The number of para-hydroxylation sites is 2. The molecule has 1 amide bonds. The van der Waals surface area contributed by atoms with E-state index in [0.717, 1.165) is 38.8 Å². The van der Waals surface area contributed by atoms with Crippen LogP contribution < -0.4 is 20.3 Å². The molecule has 0 aromatic heterocycles. The van der Waals surface area contributed by atoms with Crippen molar-refractivity contribution >= 4 is 23.5 Å². The number of benzene rings is 1. The Labute approximate surface area is 188 Å². The Bertz CT molecular complexity index is 796. The van der Waals surface area contributed by atoms with E-state index in [1.807, 2.05) is 0 Å². The van der Waals surface area contributed by atoms with Crippen LogP contribution in [0.1, 0.15) is 39.0 Å². The summed E-state index contributed by atoms with van der Waals surface area (Å²) >= 11 is 0. The minimum Gasteiger partial charge on any atom is -0.489 e. The predicted octanol–water partition coefficient (Wildman–Crippen LogP) is 1.56. The molecule has 0 saturated carbocycles. The van der Waals surface area contributed by atoms with Gasteiger partial charge in [-0.3, -0.25) is 24.6 Å². The summed E-state index contributed by atoms with van der Waals surface area (Å²) < 4.78 is 11.0. The first-order valence-electron chi connectivity index (χ1n) is 11.4. The van der Waals surface area contributed by atoms with Crippen LogP contribution in [0.4, 0.5) is 5.69 Å². The summed E-state index contributed by atoms with van der Waals surface area (Å²) in [6.07, 6.45) is 4.66. The third-order valence-corrected chi connectivity index (χ3v) is 5.96. The number of carbonyl (C=O) groups excluding carboxylic acids is 2. The molecular formula is C23H33N3O6. The summed E-state index contributed by atoms with van der Waals surface area (Å²) in [5.74, 6) is -0.896. The van der Waals surface area contributed by atoms with Crippen LogP contribution in [-0.4, -0.2) is 67.9 Å². The molecule has 2 atom stereocenters. The van der Waals surface area contributed by atoms with Crippen molar-refractivity contribution in [1.82, 2.24) is 10.6 Å². The maximum atomic E-state index is 13.2. The van der Waals surface area contributed by atoms with E-state index < -0.39 is 36.5 Å². The molecule has 1 fully saturated rings. The predicted molar refractivity (Wildman–Crippen MR) is 119 cm³/mol. The van der Waals surface area contributed by atoms with E-state index in [9.17, 15) is 19.5 Å². The number of fused-ring (bicyclic) bond motifs is 1. The van der Waals surface area contributed by atoms with Gasteiger partial charge in [0.15, 0.2) is 0 Å². The number of esters is 1. The van der Waals surface area contributed by atoms with Gasteiger partial charge in [-0.15, -0.1) is 0 Å². The van der Waals surface area contributed by atoms with E-state index in [2.05, 4.69) is 10.6 Å². The van der Waals surface area contributed by atoms with Crippen molar-refractivity contribution in [2.75, 3.05) is 37.7 Å². The van der Waals surface area contributed by atoms with E-state index in [0.29, 0.717) is 23.8 Å². The van der Waals surface area contributed by atoms with Crippen LogP contribution in [0, 0.1) is 5.92 Å². The Hall–Kier alpha value is -2.65. The van der Waals surface area contributed by atoms with E-state index >= 15 is 0 Å². The summed E-state index contributed by atoms with van der Waals surface area (Å²) in [5.41, 5.74) is 0.405. The standard InChI is InChI=1S/C23H33N3O6/c1-2-31-23(30)17(7-5-6-16-10-12-24-13-11-16)25-18-15-32-20-9-4-3-8-19(20)26(22(18)29)14-21(27)28/h3-4,8-9,16-18,24-25H,2,5-7,10-15H2,1H3,(H,27,28)/t17-,18?/m0/s1. The lowest BCUT2D eigenvalue weighted by atomic mass is 9.91. The minimum atomic E-state index is -1.13. The molecule has 176 valence electrons. The number of hydrogen-bond acceptors (Lipinski definition) is 7. The molecule has 32 heavy (non-hydrogen) atoms. The molecule has 9 nitrogen and oxygen atoms in total. The number of hydrogen-bond donors (Lipinski definition) is 3. The Kier molecular flexibility index (Phi) is 8.87. The summed E-state index contributed by atoms with van der Waals surface area (Å²) in [5, 5.41) is 15.8. The van der Waals surface area contributed by atoms with Crippen molar-refractivity contribution in [1.29, 1.82) is 0 Å². The molecule has 1 saturated heterocycles. The largest absolute Gasteiger partial charge is 0.489 e. The number of aliphatic carboxylic acids is 1. The number of amides is 1. The highest BCUT2D eigenvalue weighted by molar-refractivity contribution is 6.02. The molecule has 9 heteroatoms. The molecule has 2 aliphatic rings. The first-order chi connectivity index (χ1) is 15.5. The maximum absolute atomic E-state index is 13.2. The number of nitrogens with one attached hydrogen (secondary N) is 2. The molecule has 3 rings (SSSR count). The number of anilines is 1. The van der Waals surface area contributed by atoms with Gasteiger partial charge in [-0.2, -0.15) is 0 Å². The lowest BCUT2D eigenvalue weighted by Crippen LogP contribution is -2.54. The van der Waals surface area contributed by atoms with Crippen LogP contribution in [0.5, 0.6) is 5.75 Å². The van der Waals surface area contributed by atoms with Crippen LogP contribution in [0.25, 0.3) is 0 Å². The zero-order chi connectivity index (χ0) is 22.9. The van der Waals surface area contributed by atoms with Crippen molar-refractivity contribution in [2.24, 2.45) is 5.92 Å². The normalized spacial score (nSPS) is 20.1. The fourth-order valence-electron chi connectivity index (χ4n) is 4.31. The number of piperidine rings is 1. The average molecular weight is 448 g/mol. The number of rotatable bonds is 10. The number of carbonyl (C=O) groups is 3. The van der Waals surface area contributed by atoms with Gasteiger partial charge in [-0.05, 0) is 57.3 Å². The maximum Gasteiger partial charge on any atom is 0.323 e. The molecule has 2 aliphatic heterocycles. The molecule has 3 N–H and O–H groups in total. The molecule has 1 aromatic carbocycles. The van der Waals surface area contributed by atoms with Gasteiger partial charge in [0.05, 0.1) is 12.3 Å². The van der Waals surface area contributed by atoms with Crippen LogP contribution >= 0.6 is 0 Å². The molecule has 0 spiro atoms. The van der Waals surface area contributed by atoms with Gasteiger partial charge in [-0.1, -0.05) is 25.0 Å². The van der Waals surface area contributed by atoms with Crippen LogP contribution in [0.2, 0.25) is 0 Å². The summed E-state index contributed by atoms with van der Waals surface area (Å²) in [4.78, 5) is 38.5. The zero-order valence-corrected chi connectivity index (χ0v) is 18.5. The number of carboxylic acids is 1. The molecule has 2 heterocycles. The summed E-state index contributed by atoms with van der Waals surface area (Å²) in [6.45, 7) is 3.55. The van der Waals surface area contributed by atoms with Crippen LogP contribution in [0.15, 0.2) is 24.3 Å². The van der Waals surface area contributed by atoms with Crippen molar-refractivity contribution in [3.63, 3.8) is 0 Å². The van der Waals surface area contributed by atoms with Gasteiger partial charge < -0.3 is 19.9 Å². The Morgan fingerprint density at radius 1 is 1.31 bits per heavy atom. The van der Waals surface area contributed by atoms with E-state index in [4.69, 9.17) is 9.47 Å². The second-order valence-corrected chi connectivity index (χ2v) is 8.25. The highest BCUT2D eigenvalue weighted by Gasteiger charge is 2.35. The van der Waals surface area contributed by atoms with Gasteiger partial charge in [-0.25, -0.2) is 0 Å². The molecule has 1 unspecified atom stereocenters. The Morgan fingerprint density at radius 3 is 2.78 bits per heavy atom. The number of nitrogens with zero attached hydrogens (tertiary/aromatic N) is 1. The van der Waals surface area contributed by atoms with Crippen LogP contribution in [-0.2, 0) is 19.1 Å². The highest BCUT2D eigenvalue weighted by Crippen LogP contribution is 2.31. The molecule has 0 radical (unpaired) electrons. The van der Waals surface area contributed by atoms with Gasteiger partial charge in [0.2, 0.25) is 5.91 Å². The number of carboxylic acid groups (broad SMARTS) is 1. The quantitative estimate of drug-likeness (QED) is 0.463. The van der Waals surface area contributed by atoms with Crippen molar-refractivity contribution < 1.29 is 29.0 Å². The third kappa shape index (κ3) is 6.43.